The molecule has 2 rings (SSSR count). The molecule has 0 saturated carbocycles. The second-order valence-electron chi connectivity index (χ2n) is 4.82. The fourth-order valence-corrected chi connectivity index (χ4v) is 2.28. The summed E-state index contributed by atoms with van der Waals surface area (Å²) < 4.78 is 5.09. The smallest absolute Gasteiger partial charge is 0.118 e. The number of hydrogen-bond donors (Lipinski definition) is 2. The summed E-state index contributed by atoms with van der Waals surface area (Å²) in [6, 6.07) is 7.50. The van der Waals surface area contributed by atoms with E-state index in [4.69, 9.17) is 4.74 Å². The van der Waals surface area contributed by atoms with Gasteiger partial charge in [0.05, 0.1) is 19.3 Å². The predicted octanol–water partition coefficient (Wildman–Crippen LogP) is 1.19. The van der Waals surface area contributed by atoms with Gasteiger partial charge >= 0.3 is 0 Å². The monoisotopic (exact) mass is 251 g/mol. The maximum atomic E-state index is 10.2. The second-order valence-corrected chi connectivity index (χ2v) is 4.82. The van der Waals surface area contributed by atoms with Gasteiger partial charge in [-0.3, -0.25) is 0 Å². The number of aliphatic hydroxyl groups excluding tert-OH is 2. The van der Waals surface area contributed by atoms with Crippen molar-refractivity contribution in [2.45, 2.75) is 25.0 Å². The number of hydrogen-bond acceptors (Lipinski definition) is 4. The number of β-amino-alcohol motifs (C(OH)–C–C–N with tert-alkyl or cyclic N) is 1. The molecule has 0 amide bonds. The van der Waals surface area contributed by atoms with Crippen molar-refractivity contribution < 1.29 is 14.9 Å². The number of rotatable bonds is 4. The highest BCUT2D eigenvalue weighted by Crippen LogP contribution is 2.20. The van der Waals surface area contributed by atoms with Crippen LogP contribution in [0.1, 0.15) is 24.5 Å². The van der Waals surface area contributed by atoms with E-state index in [-0.39, 0.29) is 6.10 Å². The summed E-state index contributed by atoms with van der Waals surface area (Å²) in [6.07, 6.45) is 0.954. The van der Waals surface area contributed by atoms with Gasteiger partial charge in [0.15, 0.2) is 0 Å². The Morgan fingerprint density at radius 1 is 1.28 bits per heavy atom. The Morgan fingerprint density at radius 2 is 1.89 bits per heavy atom. The van der Waals surface area contributed by atoms with Gasteiger partial charge < -0.3 is 19.8 Å². The number of nitrogens with zero attached hydrogens (tertiary/aromatic N) is 1. The van der Waals surface area contributed by atoms with E-state index in [0.29, 0.717) is 6.54 Å². The van der Waals surface area contributed by atoms with Gasteiger partial charge in [0, 0.05) is 19.6 Å². The zero-order chi connectivity index (χ0) is 13.0. The van der Waals surface area contributed by atoms with Crippen LogP contribution in [0.25, 0.3) is 0 Å². The van der Waals surface area contributed by atoms with E-state index in [0.717, 1.165) is 37.2 Å². The van der Waals surface area contributed by atoms with Crippen LogP contribution in [0, 0.1) is 0 Å². The predicted molar refractivity (Wildman–Crippen MR) is 69.6 cm³/mol. The minimum Gasteiger partial charge on any atom is -0.497 e. The summed E-state index contributed by atoms with van der Waals surface area (Å²) in [5, 5.41) is 19.6. The third-order valence-electron chi connectivity index (χ3n) is 3.49. The molecular weight excluding hydrogens is 230 g/mol. The van der Waals surface area contributed by atoms with Crippen LogP contribution < -0.4 is 4.74 Å². The molecule has 100 valence electrons. The normalized spacial score (nSPS) is 19.7. The van der Waals surface area contributed by atoms with Crippen LogP contribution in [0.4, 0.5) is 0 Å². The van der Waals surface area contributed by atoms with E-state index in [1.807, 2.05) is 24.3 Å². The summed E-state index contributed by atoms with van der Waals surface area (Å²) in [4.78, 5) is 2.20. The average molecular weight is 251 g/mol. The Hall–Kier alpha value is -1.10. The molecule has 0 aromatic heterocycles. The van der Waals surface area contributed by atoms with Gasteiger partial charge in [-0.1, -0.05) is 12.1 Å². The minimum atomic E-state index is -0.480. The number of likely N-dealkylation sites (tertiary alicyclic amines) is 1. The molecule has 18 heavy (non-hydrogen) atoms. The molecule has 0 radical (unpaired) electrons. The maximum absolute atomic E-state index is 10.2. The molecule has 1 heterocycles. The molecule has 0 bridgehead atoms. The van der Waals surface area contributed by atoms with Crippen LogP contribution in [-0.4, -0.2) is 48.0 Å². The van der Waals surface area contributed by atoms with Crippen molar-refractivity contribution in [3.05, 3.63) is 29.8 Å². The number of ether oxygens (including phenoxy) is 1. The molecule has 0 spiro atoms. The van der Waals surface area contributed by atoms with E-state index in [1.165, 1.54) is 0 Å². The zero-order valence-electron chi connectivity index (χ0n) is 10.7. The summed E-state index contributed by atoms with van der Waals surface area (Å²) in [5.74, 6) is 0.798. The SMILES string of the molecule is COc1ccc(C(O)CN2CCC(O)CC2)cc1. The molecule has 1 fully saturated rings. The molecule has 1 unspecified atom stereocenters. The lowest BCUT2D eigenvalue weighted by Crippen LogP contribution is -2.38. The largest absolute Gasteiger partial charge is 0.497 e. The maximum Gasteiger partial charge on any atom is 0.118 e. The summed E-state index contributed by atoms with van der Waals surface area (Å²) in [5.41, 5.74) is 0.905. The Bertz CT molecular complexity index is 358. The third-order valence-corrected chi connectivity index (χ3v) is 3.49. The quantitative estimate of drug-likeness (QED) is 0.844. The van der Waals surface area contributed by atoms with Crippen LogP contribution >= 0.6 is 0 Å². The molecule has 1 atom stereocenters. The lowest BCUT2D eigenvalue weighted by Gasteiger charge is -2.31. The molecule has 0 aliphatic carbocycles. The Balaban J connectivity index is 1.88. The molecular formula is C14H21NO3. The highest BCUT2D eigenvalue weighted by atomic mass is 16.5. The fraction of sp³-hybridized carbons (Fsp3) is 0.571. The van der Waals surface area contributed by atoms with Gasteiger partial charge in [0.1, 0.15) is 5.75 Å². The highest BCUT2D eigenvalue weighted by Gasteiger charge is 2.19. The standard InChI is InChI=1S/C14H21NO3/c1-18-13-4-2-11(3-5-13)14(17)10-15-8-6-12(16)7-9-15/h2-5,12,14,16-17H,6-10H2,1H3. The second kappa shape index (κ2) is 6.18. The van der Waals surface area contributed by atoms with E-state index < -0.39 is 6.10 Å². The lowest BCUT2D eigenvalue weighted by molar-refractivity contribution is 0.0508. The molecule has 1 saturated heterocycles. The number of methoxy groups -OCH3 is 1. The van der Waals surface area contributed by atoms with E-state index >= 15 is 0 Å². The van der Waals surface area contributed by atoms with E-state index in [1.54, 1.807) is 7.11 Å². The molecule has 2 N–H and O–H groups in total. The van der Waals surface area contributed by atoms with Crippen LogP contribution in [0.5, 0.6) is 5.75 Å². The van der Waals surface area contributed by atoms with Crippen molar-refractivity contribution in [1.29, 1.82) is 0 Å². The first-order chi connectivity index (χ1) is 8.69. The molecule has 1 aromatic carbocycles. The van der Waals surface area contributed by atoms with Crippen molar-refractivity contribution in [2.24, 2.45) is 0 Å². The Kier molecular flexibility index (Phi) is 4.58. The molecule has 4 heteroatoms. The van der Waals surface area contributed by atoms with Crippen LogP contribution in [0.3, 0.4) is 0 Å². The van der Waals surface area contributed by atoms with Gasteiger partial charge in [-0.15, -0.1) is 0 Å². The van der Waals surface area contributed by atoms with E-state index in [2.05, 4.69) is 4.90 Å². The number of aliphatic hydroxyl groups is 2. The van der Waals surface area contributed by atoms with Crippen LogP contribution in [0.2, 0.25) is 0 Å². The first kappa shape index (κ1) is 13.3. The third kappa shape index (κ3) is 3.45. The van der Waals surface area contributed by atoms with Crippen molar-refractivity contribution in [3.63, 3.8) is 0 Å². The van der Waals surface area contributed by atoms with Crippen LogP contribution in [-0.2, 0) is 0 Å². The summed E-state index contributed by atoms with van der Waals surface area (Å²) in [7, 11) is 1.63. The van der Waals surface area contributed by atoms with Crippen LogP contribution in [0.15, 0.2) is 24.3 Å². The van der Waals surface area contributed by atoms with Crippen molar-refractivity contribution in [2.75, 3.05) is 26.7 Å². The van der Waals surface area contributed by atoms with Gasteiger partial charge in [0.25, 0.3) is 0 Å². The first-order valence-electron chi connectivity index (χ1n) is 6.41. The molecule has 1 aliphatic rings. The van der Waals surface area contributed by atoms with Gasteiger partial charge in [-0.05, 0) is 30.5 Å². The Labute approximate surface area is 108 Å². The van der Waals surface area contributed by atoms with Crippen molar-refractivity contribution >= 4 is 0 Å². The summed E-state index contributed by atoms with van der Waals surface area (Å²) in [6.45, 7) is 2.34. The molecule has 1 aromatic rings. The number of piperidine rings is 1. The van der Waals surface area contributed by atoms with Crippen molar-refractivity contribution in [1.82, 2.24) is 4.90 Å². The topological polar surface area (TPSA) is 52.9 Å². The average Bonchev–Trinajstić information content (AvgIpc) is 2.41. The first-order valence-corrected chi connectivity index (χ1v) is 6.41. The van der Waals surface area contributed by atoms with E-state index in [9.17, 15) is 10.2 Å². The molecule has 4 nitrogen and oxygen atoms in total. The molecule has 1 aliphatic heterocycles. The van der Waals surface area contributed by atoms with Gasteiger partial charge in [-0.2, -0.15) is 0 Å². The van der Waals surface area contributed by atoms with Gasteiger partial charge in [0.2, 0.25) is 0 Å². The van der Waals surface area contributed by atoms with Crippen molar-refractivity contribution in [3.8, 4) is 5.75 Å². The zero-order valence-corrected chi connectivity index (χ0v) is 10.7. The van der Waals surface area contributed by atoms with Gasteiger partial charge in [-0.25, -0.2) is 0 Å². The minimum absolute atomic E-state index is 0.167. The highest BCUT2D eigenvalue weighted by molar-refractivity contribution is 5.28. The fourth-order valence-electron chi connectivity index (χ4n) is 2.28. The summed E-state index contributed by atoms with van der Waals surface area (Å²) >= 11 is 0. The number of benzene rings is 1. The lowest BCUT2D eigenvalue weighted by atomic mass is 10.1. The Morgan fingerprint density at radius 3 is 2.44 bits per heavy atom.